The Labute approximate surface area is 186 Å². The zero-order chi connectivity index (χ0) is 24.2. The molecule has 174 valence electrons. The number of anilines is 1. The van der Waals surface area contributed by atoms with E-state index in [0.717, 1.165) is 0 Å². The zero-order valence-corrected chi connectivity index (χ0v) is 17.2. The average Bonchev–Trinajstić information content (AvgIpc) is 3.27. The Morgan fingerprint density at radius 2 is 1.58 bits per heavy atom. The average molecular weight is 488 g/mol. The highest BCUT2D eigenvalue weighted by Gasteiger charge is 2.36. The van der Waals surface area contributed by atoms with Crippen LogP contribution in [0.15, 0.2) is 47.4 Å². The topological polar surface area (TPSA) is 84.0 Å². The van der Waals surface area contributed by atoms with Crippen LogP contribution in [0.4, 0.5) is 32.2 Å². The number of pyridine rings is 1. The van der Waals surface area contributed by atoms with Crippen LogP contribution >= 0.6 is 11.3 Å². The summed E-state index contributed by atoms with van der Waals surface area (Å²) >= 11 is 1.25. The number of nitrogens with zero attached hydrogens (tertiary/aromatic N) is 2. The lowest BCUT2D eigenvalue weighted by Crippen LogP contribution is -2.25. The molecule has 0 atom stereocenters. The molecule has 0 fully saturated rings. The fourth-order valence-electron chi connectivity index (χ4n) is 2.68. The summed E-state index contributed by atoms with van der Waals surface area (Å²) in [6.07, 6.45) is -8.86. The number of hydrogen-bond acceptors (Lipinski definition) is 5. The van der Waals surface area contributed by atoms with Crippen molar-refractivity contribution >= 4 is 29.0 Å². The molecule has 6 nitrogen and oxygen atoms in total. The number of carbonyl (C=O) groups excluding carboxylic acids is 2. The monoisotopic (exact) mass is 488 g/mol. The first-order valence-electron chi connectivity index (χ1n) is 9.11. The third-order valence-corrected chi connectivity index (χ3v) is 4.82. The Morgan fingerprint density at radius 1 is 0.909 bits per heavy atom. The molecular formula is C20H14F6N4O2S. The van der Waals surface area contributed by atoms with E-state index in [1.807, 2.05) is 0 Å². The van der Waals surface area contributed by atoms with Crippen molar-refractivity contribution in [1.29, 1.82) is 0 Å². The lowest BCUT2D eigenvalue weighted by atomic mass is 10.0. The Kier molecular flexibility index (Phi) is 7.01. The van der Waals surface area contributed by atoms with E-state index in [1.165, 1.54) is 35.2 Å². The van der Waals surface area contributed by atoms with Crippen molar-refractivity contribution in [2.24, 2.45) is 0 Å². The van der Waals surface area contributed by atoms with Gasteiger partial charge in [0.15, 0.2) is 0 Å². The summed E-state index contributed by atoms with van der Waals surface area (Å²) in [7, 11) is 0. The van der Waals surface area contributed by atoms with Gasteiger partial charge in [-0.3, -0.25) is 9.59 Å². The van der Waals surface area contributed by atoms with Crippen LogP contribution in [0.3, 0.4) is 0 Å². The van der Waals surface area contributed by atoms with Gasteiger partial charge in [-0.15, -0.1) is 11.3 Å². The molecule has 0 unspecified atom stereocenters. The third-order valence-electron chi connectivity index (χ3n) is 4.23. The van der Waals surface area contributed by atoms with E-state index in [2.05, 4.69) is 20.6 Å². The summed E-state index contributed by atoms with van der Waals surface area (Å²) in [6.45, 7) is -0.527. The molecule has 13 heteroatoms. The lowest BCUT2D eigenvalue weighted by Gasteiger charge is -2.14. The van der Waals surface area contributed by atoms with Gasteiger partial charge in [-0.2, -0.15) is 26.3 Å². The van der Waals surface area contributed by atoms with E-state index in [9.17, 15) is 35.9 Å². The number of aromatic nitrogens is 2. The van der Waals surface area contributed by atoms with Gasteiger partial charge < -0.3 is 10.6 Å². The van der Waals surface area contributed by atoms with Gasteiger partial charge in [0.05, 0.1) is 23.1 Å². The summed E-state index contributed by atoms with van der Waals surface area (Å²) in [4.78, 5) is 31.9. The van der Waals surface area contributed by atoms with Crippen molar-refractivity contribution in [3.8, 4) is 0 Å². The number of amides is 2. The SMILES string of the molecule is O=C(Cc1ccc(NC(=O)c2cscn2)nc1)NCc1cc(C(F)(F)F)cc(C(F)(F)F)c1. The van der Waals surface area contributed by atoms with Crippen LogP contribution in [0.2, 0.25) is 0 Å². The highest BCUT2D eigenvalue weighted by atomic mass is 32.1. The van der Waals surface area contributed by atoms with E-state index in [0.29, 0.717) is 17.7 Å². The Hall–Kier alpha value is -3.48. The number of carbonyl (C=O) groups is 2. The molecule has 2 heterocycles. The first kappa shape index (κ1) is 24.2. The first-order chi connectivity index (χ1) is 15.4. The summed E-state index contributed by atoms with van der Waals surface area (Å²) in [5.41, 5.74) is -1.13. The fourth-order valence-corrected chi connectivity index (χ4v) is 3.21. The highest BCUT2D eigenvalue weighted by molar-refractivity contribution is 7.07. The molecule has 0 aliphatic rings. The minimum absolute atomic E-state index is 0.0196. The van der Waals surface area contributed by atoms with E-state index < -0.39 is 41.8 Å². The highest BCUT2D eigenvalue weighted by Crippen LogP contribution is 2.36. The van der Waals surface area contributed by atoms with Crippen LogP contribution in [-0.2, 0) is 30.1 Å². The summed E-state index contributed by atoms with van der Waals surface area (Å²) < 4.78 is 77.5. The second-order valence-electron chi connectivity index (χ2n) is 6.75. The van der Waals surface area contributed by atoms with E-state index in [4.69, 9.17) is 0 Å². The number of halogens is 6. The smallest absolute Gasteiger partial charge is 0.352 e. The standard InChI is InChI=1S/C20H14F6N4O2S/c21-19(22,23)13-3-12(4-14(6-13)20(24,25)26)8-28-17(31)5-11-1-2-16(27-7-11)30-18(32)15-9-33-10-29-15/h1-4,6-7,9-10H,5,8H2,(H,28,31)(H,27,30,32). The van der Waals surface area contributed by atoms with Gasteiger partial charge in [0.2, 0.25) is 5.91 Å². The fraction of sp³-hybridized carbons (Fsp3) is 0.200. The molecule has 0 bridgehead atoms. The molecular weight excluding hydrogens is 474 g/mol. The summed E-state index contributed by atoms with van der Waals surface area (Å²) in [5.74, 6) is -0.892. The van der Waals surface area contributed by atoms with E-state index in [1.54, 1.807) is 5.38 Å². The molecule has 0 spiro atoms. The minimum atomic E-state index is -4.97. The van der Waals surface area contributed by atoms with Crippen molar-refractivity contribution in [2.75, 3.05) is 5.32 Å². The lowest BCUT2D eigenvalue weighted by molar-refractivity contribution is -0.143. The van der Waals surface area contributed by atoms with Crippen molar-refractivity contribution in [1.82, 2.24) is 15.3 Å². The third kappa shape index (κ3) is 6.75. The largest absolute Gasteiger partial charge is 0.416 e. The zero-order valence-electron chi connectivity index (χ0n) is 16.4. The first-order valence-corrected chi connectivity index (χ1v) is 10.1. The second-order valence-corrected chi connectivity index (χ2v) is 7.47. The van der Waals surface area contributed by atoms with Gasteiger partial charge in [0.25, 0.3) is 5.91 Å². The van der Waals surface area contributed by atoms with Crippen LogP contribution in [-0.4, -0.2) is 21.8 Å². The molecule has 0 aliphatic carbocycles. The van der Waals surface area contributed by atoms with Crippen molar-refractivity contribution < 1.29 is 35.9 Å². The second kappa shape index (κ2) is 9.57. The molecule has 2 amide bonds. The van der Waals surface area contributed by atoms with Crippen LogP contribution in [0.25, 0.3) is 0 Å². The van der Waals surface area contributed by atoms with Crippen molar-refractivity contribution in [3.63, 3.8) is 0 Å². The maximum absolute atomic E-state index is 12.9. The summed E-state index contributed by atoms with van der Waals surface area (Å²) in [6, 6.07) is 4.06. The molecule has 2 N–H and O–H groups in total. The predicted octanol–water partition coefficient (Wildman–Crippen LogP) is 4.69. The number of benzene rings is 1. The van der Waals surface area contributed by atoms with Crippen LogP contribution in [0.5, 0.6) is 0 Å². The van der Waals surface area contributed by atoms with Crippen LogP contribution in [0, 0.1) is 0 Å². The molecule has 1 aromatic carbocycles. The van der Waals surface area contributed by atoms with Gasteiger partial charge in [-0.25, -0.2) is 9.97 Å². The molecule has 0 radical (unpaired) electrons. The Morgan fingerprint density at radius 3 is 2.09 bits per heavy atom. The molecule has 0 aliphatic heterocycles. The number of hydrogen-bond donors (Lipinski definition) is 2. The number of nitrogens with one attached hydrogen (secondary N) is 2. The van der Waals surface area contributed by atoms with E-state index >= 15 is 0 Å². The summed E-state index contributed by atoms with van der Waals surface area (Å²) in [5, 5.41) is 6.36. The molecule has 0 saturated heterocycles. The predicted molar refractivity (Wildman–Crippen MR) is 106 cm³/mol. The molecule has 33 heavy (non-hydrogen) atoms. The minimum Gasteiger partial charge on any atom is -0.352 e. The van der Waals surface area contributed by atoms with Gasteiger partial charge in [0.1, 0.15) is 11.5 Å². The Bertz CT molecular complexity index is 1100. The molecule has 3 rings (SSSR count). The normalized spacial score (nSPS) is 11.8. The van der Waals surface area contributed by atoms with Gasteiger partial charge in [0, 0.05) is 18.1 Å². The quantitative estimate of drug-likeness (QED) is 0.494. The maximum Gasteiger partial charge on any atom is 0.416 e. The molecule has 0 saturated carbocycles. The maximum atomic E-state index is 12.9. The number of alkyl halides is 6. The van der Waals surface area contributed by atoms with Crippen molar-refractivity contribution in [3.05, 3.63) is 75.4 Å². The van der Waals surface area contributed by atoms with Gasteiger partial charge >= 0.3 is 12.4 Å². The van der Waals surface area contributed by atoms with Crippen molar-refractivity contribution in [2.45, 2.75) is 25.3 Å². The molecule has 2 aromatic heterocycles. The van der Waals surface area contributed by atoms with Crippen LogP contribution in [0.1, 0.15) is 32.7 Å². The van der Waals surface area contributed by atoms with E-state index in [-0.39, 0.29) is 29.6 Å². The number of rotatable bonds is 6. The molecule has 3 aromatic rings. The number of thiazole rings is 1. The van der Waals surface area contributed by atoms with Crippen LogP contribution < -0.4 is 10.6 Å². The van der Waals surface area contributed by atoms with Gasteiger partial charge in [-0.1, -0.05) is 6.07 Å². The Balaban J connectivity index is 1.60. The van der Waals surface area contributed by atoms with Gasteiger partial charge in [-0.05, 0) is 35.4 Å².